The Kier molecular flexibility index (Phi) is 9.23. The molecule has 0 radical (unpaired) electrons. The molecule has 0 atom stereocenters. The first-order chi connectivity index (χ1) is 50.9. The number of imidazole rings is 1. The van der Waals surface area contributed by atoms with Gasteiger partial charge in [0, 0.05) is 44.3 Å². The van der Waals surface area contributed by atoms with Crippen LogP contribution in [0.1, 0.15) is 84.2 Å². The predicted molar refractivity (Wildman–Crippen MR) is 350 cm³/mol. The molecule has 420 valence electrons. The van der Waals surface area contributed by atoms with Gasteiger partial charge in [-0.3, -0.25) is 4.57 Å². The summed E-state index contributed by atoms with van der Waals surface area (Å²) in [5.74, 6) is 1.09. The molecule has 0 spiro atoms. The van der Waals surface area contributed by atoms with E-state index < -0.39 is 189 Å². The smallest absolute Gasteiger partial charge is 0.268 e. The zero-order chi connectivity index (χ0) is 77.8. The Morgan fingerprint density at radius 1 is 0.453 bits per heavy atom. The molecule has 5 nitrogen and oxygen atoms in total. The number of hydrogen-bond donors (Lipinski definition) is 0. The molecule has 0 fully saturated rings. The van der Waals surface area contributed by atoms with Crippen molar-refractivity contribution in [1.82, 2.24) is 14.1 Å². The molecule has 11 aromatic carbocycles. The molecule has 0 N–H and O–H groups in total. The van der Waals surface area contributed by atoms with Crippen molar-refractivity contribution < 1.29 is 61.9 Å². The van der Waals surface area contributed by atoms with Crippen LogP contribution in [0, 0.1) is 18.5 Å². The topological polar surface area (TPSA) is 35.9 Å². The minimum atomic E-state index is -1.01. The Morgan fingerprint density at radius 2 is 1.02 bits per heavy atom. The first-order valence-electron chi connectivity index (χ1n) is 38.8. The molecule has 0 bridgehead atoms. The summed E-state index contributed by atoms with van der Waals surface area (Å²) in [7, 11) is 0. The molecule has 0 amide bonds. The Morgan fingerprint density at radius 3 is 1.66 bits per heavy atom. The van der Waals surface area contributed by atoms with Crippen molar-refractivity contribution >= 4 is 32.8 Å². The summed E-state index contributed by atoms with van der Waals surface area (Å²) < 4.78 is 225. The molecule has 14 rings (SSSR count). The monoisotopic (exact) mass is 1310 g/mol. The van der Waals surface area contributed by atoms with Crippen LogP contribution in [0.5, 0.6) is 11.5 Å². The van der Waals surface area contributed by atoms with Crippen molar-refractivity contribution in [1.29, 1.82) is 0 Å². The second-order valence-corrected chi connectivity index (χ2v) is 22.3. The maximum atomic E-state index is 10.6. The molecule has 0 aliphatic rings. The number of hydrogen-bond acceptors (Lipinski definition) is 2. The van der Waals surface area contributed by atoms with Gasteiger partial charge in [0.15, 0.2) is 0 Å². The van der Waals surface area contributed by atoms with Crippen LogP contribution in [0.4, 0.5) is 0 Å². The SMILES string of the molecule is [2H]c1c([2H])c([2H])c(-c2cc(-c3c([2H])c([2H])c([2H])c([2H])c3[2H])c(-[n+]3[c-]n(-c4[c-]c(Oc5[c-]c6c(cc5)c5ccccc5n6-c5cc(C(C)(C)C)ccn5)ccc4)c4cc(-c5ccc(C(C)(C)C)cc5)ccc43)c(-c3c([2H])c(-c4c([2H])c([2H])c([2H])c([2H])c4[2H])c([2H])c(-c4c([2H])c([2H])c([2H])c([2H])c4[2H])c3[2H])c2)c([2H])c1[2H].[Pt]. The third kappa shape index (κ3) is 10.7. The van der Waals surface area contributed by atoms with Crippen molar-refractivity contribution in [2.75, 3.05) is 0 Å². The van der Waals surface area contributed by atoms with Crippen LogP contribution in [-0.2, 0) is 31.9 Å². The van der Waals surface area contributed by atoms with Gasteiger partial charge >= 0.3 is 0 Å². The van der Waals surface area contributed by atoms with Gasteiger partial charge in [0.1, 0.15) is 5.82 Å². The second kappa shape index (κ2) is 22.7. The molecule has 0 aliphatic carbocycles. The van der Waals surface area contributed by atoms with Crippen LogP contribution >= 0.6 is 0 Å². The minimum absolute atomic E-state index is 0. The summed E-state index contributed by atoms with van der Waals surface area (Å²) >= 11 is 0. The van der Waals surface area contributed by atoms with E-state index >= 15 is 0 Å². The molecular weight excluding hydrogens is 1230 g/mol. The van der Waals surface area contributed by atoms with E-state index in [-0.39, 0.29) is 65.8 Å². The van der Waals surface area contributed by atoms with Gasteiger partial charge in [-0.05, 0) is 154 Å². The van der Waals surface area contributed by atoms with Gasteiger partial charge in [0.25, 0.3) is 6.33 Å². The van der Waals surface area contributed by atoms with E-state index in [4.69, 9.17) is 23.4 Å². The van der Waals surface area contributed by atoms with Crippen molar-refractivity contribution in [3.05, 3.63) is 296 Å². The van der Waals surface area contributed by atoms with E-state index in [1.165, 1.54) is 16.7 Å². The third-order valence-corrected chi connectivity index (χ3v) is 14.8. The largest absolute Gasteiger partial charge is 0.510 e. The number of rotatable bonds is 11. The zero-order valence-electron chi connectivity index (χ0n) is 70.1. The Hall–Kier alpha value is -9.67. The fourth-order valence-corrected chi connectivity index (χ4v) is 10.5. The maximum absolute atomic E-state index is 10.6. The number of pyridine rings is 1. The number of nitrogens with zero attached hydrogens (tertiary/aromatic N) is 4. The molecular formula is C80H62N4OPt-2. The van der Waals surface area contributed by atoms with Crippen molar-refractivity contribution in [2.45, 2.75) is 52.4 Å². The average Bonchev–Trinajstić information content (AvgIpc) is 1.59. The Bertz CT molecular complexity index is 6030. The summed E-state index contributed by atoms with van der Waals surface area (Å²) in [6.45, 7) is 12.6. The number of aromatic nitrogens is 4. The third-order valence-electron chi connectivity index (χ3n) is 14.8. The van der Waals surface area contributed by atoms with E-state index in [0.29, 0.717) is 22.4 Å². The molecule has 0 aliphatic heterocycles. The Balaban J connectivity index is 0.0000105. The summed E-state index contributed by atoms with van der Waals surface area (Å²) in [4.78, 5) is 4.83. The number of fused-ring (bicyclic) bond motifs is 4. The molecule has 0 unspecified atom stereocenters. The zero-order valence-corrected chi connectivity index (χ0v) is 49.4. The van der Waals surface area contributed by atoms with Gasteiger partial charge in [-0.2, -0.15) is 18.2 Å². The normalized spacial score (nSPS) is 15.5. The number of benzene rings is 11. The molecule has 14 aromatic rings. The molecule has 0 saturated heterocycles. The van der Waals surface area contributed by atoms with Crippen molar-refractivity contribution in [2.24, 2.45) is 0 Å². The predicted octanol–water partition coefficient (Wildman–Crippen LogP) is 20.2. The van der Waals surface area contributed by atoms with Crippen molar-refractivity contribution in [3.63, 3.8) is 0 Å². The van der Waals surface area contributed by atoms with Crippen LogP contribution < -0.4 is 9.30 Å². The molecule has 86 heavy (non-hydrogen) atoms. The molecule has 3 heterocycles. The van der Waals surface area contributed by atoms with E-state index in [2.05, 4.69) is 60.0 Å². The average molecular weight is 1310 g/mol. The van der Waals surface area contributed by atoms with Crippen LogP contribution in [0.2, 0.25) is 0 Å². The molecule has 3 aromatic heterocycles. The molecule has 0 saturated carbocycles. The number of para-hydroxylation sites is 1. The van der Waals surface area contributed by atoms with Crippen LogP contribution in [0.3, 0.4) is 0 Å². The van der Waals surface area contributed by atoms with Gasteiger partial charge in [-0.1, -0.05) is 223 Å². The second-order valence-electron chi connectivity index (χ2n) is 22.3. The summed E-state index contributed by atoms with van der Waals surface area (Å²) in [6.07, 6.45) is 5.20. The molecule has 6 heteroatoms. The van der Waals surface area contributed by atoms with E-state index in [9.17, 15) is 17.8 Å². The standard InChI is InChI=1S/C80H62N4O.Pt/c1-79(2,3)64-37-34-57(35-38-64)59-36-41-74-76(49-59)82(66-30-21-31-67(51-66)85-68-39-40-70-69-32-19-20-33-73(69)84(75(70)52-68)77-50-65(42-43-81-77)80(4,5)6)53-83(74)78-71(58-28-17-10-18-29-58)47-62(56-26-15-9-16-27-56)48-72(78)63-45-60(54-22-11-7-12-23-54)44-61(46-63)55-24-13-8-14-25-55;/h7-50H,1-6H3;/q-2;/i7D,8D,9D,10D,11D,12D,13D,14D,15D,16D,17D,18D,22D,23D,24D,25D,26D,27D,28D,29D,44D,45D,46D;. The first-order valence-corrected chi connectivity index (χ1v) is 27.3. The summed E-state index contributed by atoms with van der Waals surface area (Å²) in [6, 6.07) is 22.4. The van der Waals surface area contributed by atoms with Gasteiger partial charge in [0.05, 0.1) is 48.2 Å². The van der Waals surface area contributed by atoms with Crippen molar-refractivity contribution in [3.8, 4) is 95.5 Å². The fourth-order valence-electron chi connectivity index (χ4n) is 10.5. The van der Waals surface area contributed by atoms with E-state index in [1.54, 1.807) is 47.2 Å². The van der Waals surface area contributed by atoms with Gasteiger partial charge in [0.2, 0.25) is 0 Å². The fraction of sp³-hybridized carbons (Fsp3) is 0.100. The first kappa shape index (κ1) is 34.9. The van der Waals surface area contributed by atoms with E-state index in [0.717, 1.165) is 33.0 Å². The van der Waals surface area contributed by atoms with E-state index in [1.807, 2.05) is 77.4 Å². The summed E-state index contributed by atoms with van der Waals surface area (Å²) in [5.41, 5.74) is -1.58. The quantitative estimate of drug-likeness (QED) is 0.0956. The van der Waals surface area contributed by atoms with Crippen LogP contribution in [0.25, 0.3) is 117 Å². The van der Waals surface area contributed by atoms with Crippen LogP contribution in [0.15, 0.2) is 266 Å². The summed E-state index contributed by atoms with van der Waals surface area (Å²) in [5, 5.41) is 1.81. The van der Waals surface area contributed by atoms with Gasteiger partial charge in [-0.15, -0.1) is 29.7 Å². The van der Waals surface area contributed by atoms with Crippen LogP contribution in [-0.4, -0.2) is 14.1 Å². The van der Waals surface area contributed by atoms with Gasteiger partial charge < -0.3 is 13.9 Å². The Labute approximate surface area is 550 Å². The number of ether oxygens (including phenoxy) is 1. The minimum Gasteiger partial charge on any atom is -0.510 e. The maximum Gasteiger partial charge on any atom is 0.268 e. The van der Waals surface area contributed by atoms with Gasteiger partial charge in [-0.25, -0.2) is 4.98 Å².